The lowest BCUT2D eigenvalue weighted by Gasteiger charge is -2.41. The maximum atomic E-state index is 13.7. The van der Waals surface area contributed by atoms with Crippen molar-refractivity contribution >= 4 is 21.7 Å². The van der Waals surface area contributed by atoms with E-state index < -0.39 is 32.9 Å². The fraction of sp³-hybridized carbons (Fsp3) is 0.364. The van der Waals surface area contributed by atoms with Crippen LogP contribution in [0.1, 0.15) is 76.0 Å². The standard InChI is InChI=1S/C33H36FN3O5S/c1-5-16-33(17-15-22-9-12-25(34)13-10-22)19-27(38)29(31(39)42-33)30(32(2,3)4)24-7-6-8-26(18-24)37-43(40,41)28-14-11-23(20-35)21-36-28/h6-14,18,21,30,37-38H,5,15-17,19H2,1-4H3/t30?,33-/m1/s1. The Balaban J connectivity index is 1.65. The molecular weight excluding hydrogens is 569 g/mol. The first-order valence-corrected chi connectivity index (χ1v) is 15.6. The zero-order chi connectivity index (χ0) is 31.4. The van der Waals surface area contributed by atoms with Gasteiger partial charge in [0.05, 0.1) is 11.1 Å². The molecule has 0 bridgehead atoms. The van der Waals surface area contributed by atoms with Gasteiger partial charge in [0.1, 0.15) is 23.2 Å². The number of nitrogens with one attached hydrogen (secondary N) is 1. The molecule has 0 spiro atoms. The molecule has 4 rings (SSSR count). The SMILES string of the molecule is CCC[C@@]1(CCc2ccc(F)cc2)CC(O)=C(C(c2cccc(NS(=O)(=O)c3ccc(C#N)cn3)c2)C(C)(C)C)C(=O)O1. The van der Waals surface area contributed by atoms with Gasteiger partial charge in [-0.2, -0.15) is 13.7 Å². The van der Waals surface area contributed by atoms with Gasteiger partial charge in [-0.1, -0.05) is 58.4 Å². The Labute approximate surface area is 252 Å². The molecule has 1 aliphatic heterocycles. The van der Waals surface area contributed by atoms with Crippen LogP contribution < -0.4 is 4.72 Å². The van der Waals surface area contributed by atoms with E-state index in [2.05, 4.69) is 9.71 Å². The number of aliphatic hydroxyl groups excluding tert-OH is 1. The summed E-state index contributed by atoms with van der Waals surface area (Å²) in [4.78, 5) is 17.6. The summed E-state index contributed by atoms with van der Waals surface area (Å²) in [5, 5.41) is 20.2. The molecule has 0 saturated carbocycles. The van der Waals surface area contributed by atoms with Crippen LogP contribution in [0.3, 0.4) is 0 Å². The molecule has 8 nitrogen and oxygen atoms in total. The summed E-state index contributed by atoms with van der Waals surface area (Å²) in [6.45, 7) is 7.79. The molecule has 1 aliphatic rings. The van der Waals surface area contributed by atoms with Gasteiger partial charge < -0.3 is 9.84 Å². The first-order valence-electron chi connectivity index (χ1n) is 14.2. The molecule has 0 amide bonds. The van der Waals surface area contributed by atoms with Gasteiger partial charge in [-0.3, -0.25) is 4.72 Å². The van der Waals surface area contributed by atoms with Gasteiger partial charge in [0.15, 0.2) is 5.03 Å². The number of esters is 1. The van der Waals surface area contributed by atoms with E-state index in [4.69, 9.17) is 10.00 Å². The number of aliphatic hydroxyl groups is 1. The number of nitrogens with zero attached hydrogens (tertiary/aromatic N) is 2. The van der Waals surface area contributed by atoms with E-state index in [0.29, 0.717) is 24.8 Å². The second-order valence-electron chi connectivity index (χ2n) is 12.0. The van der Waals surface area contributed by atoms with Crippen LogP contribution in [0.25, 0.3) is 0 Å². The molecule has 10 heteroatoms. The Kier molecular flexibility index (Phi) is 9.26. The molecule has 2 atom stereocenters. The predicted molar refractivity (Wildman–Crippen MR) is 161 cm³/mol. The maximum absolute atomic E-state index is 13.7. The minimum Gasteiger partial charge on any atom is -0.512 e. The molecule has 1 aromatic heterocycles. The summed E-state index contributed by atoms with van der Waals surface area (Å²) in [7, 11) is -4.06. The van der Waals surface area contributed by atoms with E-state index in [1.165, 1.54) is 30.5 Å². The Morgan fingerprint density at radius 3 is 2.44 bits per heavy atom. The number of halogens is 1. The lowest BCUT2D eigenvalue weighted by atomic mass is 9.70. The first kappa shape index (κ1) is 31.7. The summed E-state index contributed by atoms with van der Waals surface area (Å²) in [6.07, 6.45) is 3.64. The molecule has 0 fully saturated rings. The summed E-state index contributed by atoms with van der Waals surface area (Å²) < 4.78 is 48.1. The lowest BCUT2D eigenvalue weighted by molar-refractivity contribution is -0.161. The van der Waals surface area contributed by atoms with Crippen molar-refractivity contribution in [1.82, 2.24) is 4.98 Å². The van der Waals surface area contributed by atoms with Gasteiger partial charge in [0.2, 0.25) is 0 Å². The third-order valence-electron chi connectivity index (χ3n) is 7.59. The predicted octanol–water partition coefficient (Wildman–Crippen LogP) is 6.95. The average Bonchev–Trinajstić information content (AvgIpc) is 2.94. The van der Waals surface area contributed by atoms with Gasteiger partial charge in [-0.15, -0.1) is 0 Å². The number of ether oxygens (including phenoxy) is 1. The van der Waals surface area contributed by atoms with E-state index in [1.54, 1.807) is 36.4 Å². The zero-order valence-corrected chi connectivity index (χ0v) is 25.5. The van der Waals surface area contributed by atoms with Gasteiger partial charge in [-0.25, -0.2) is 14.2 Å². The van der Waals surface area contributed by atoms with Gasteiger partial charge in [0.25, 0.3) is 10.0 Å². The molecule has 3 aromatic rings. The average molecular weight is 606 g/mol. The highest BCUT2D eigenvalue weighted by Gasteiger charge is 2.46. The van der Waals surface area contributed by atoms with Crippen molar-refractivity contribution in [3.05, 3.63) is 101 Å². The number of sulfonamides is 1. The molecule has 43 heavy (non-hydrogen) atoms. The zero-order valence-electron chi connectivity index (χ0n) is 24.7. The van der Waals surface area contributed by atoms with E-state index in [9.17, 15) is 22.7 Å². The van der Waals surface area contributed by atoms with Crippen LogP contribution in [-0.4, -0.2) is 30.1 Å². The van der Waals surface area contributed by atoms with Crippen molar-refractivity contribution in [3.8, 4) is 6.07 Å². The number of hydrogen-bond acceptors (Lipinski definition) is 7. The maximum Gasteiger partial charge on any atom is 0.338 e. The third-order valence-corrected chi connectivity index (χ3v) is 8.88. The summed E-state index contributed by atoms with van der Waals surface area (Å²) in [5.41, 5.74) is 0.699. The number of nitriles is 1. The van der Waals surface area contributed by atoms with Crippen LogP contribution in [0.5, 0.6) is 0 Å². The van der Waals surface area contributed by atoms with Crippen LogP contribution in [0, 0.1) is 22.6 Å². The number of pyridine rings is 1. The summed E-state index contributed by atoms with van der Waals surface area (Å²) in [5.74, 6) is -1.59. The van der Waals surface area contributed by atoms with Gasteiger partial charge >= 0.3 is 5.97 Å². The number of anilines is 1. The van der Waals surface area contributed by atoms with Gasteiger partial charge in [-0.05, 0) is 72.2 Å². The third kappa shape index (κ3) is 7.41. The van der Waals surface area contributed by atoms with Crippen molar-refractivity contribution in [2.24, 2.45) is 5.41 Å². The van der Waals surface area contributed by atoms with Crippen molar-refractivity contribution < 1.29 is 27.4 Å². The number of benzene rings is 2. The Morgan fingerprint density at radius 2 is 1.86 bits per heavy atom. The number of carbonyl (C=O) groups is 1. The van der Waals surface area contributed by atoms with E-state index in [-0.39, 0.29) is 39.8 Å². The van der Waals surface area contributed by atoms with Crippen molar-refractivity contribution in [2.45, 2.75) is 76.3 Å². The quantitative estimate of drug-likeness (QED) is 0.239. The highest BCUT2D eigenvalue weighted by atomic mass is 32.2. The fourth-order valence-corrected chi connectivity index (χ4v) is 6.65. The summed E-state index contributed by atoms with van der Waals surface area (Å²) >= 11 is 0. The van der Waals surface area contributed by atoms with Crippen molar-refractivity contribution in [2.75, 3.05) is 4.72 Å². The highest BCUT2D eigenvalue weighted by molar-refractivity contribution is 7.92. The normalized spacial score (nSPS) is 18.1. The smallest absolute Gasteiger partial charge is 0.338 e. The van der Waals surface area contributed by atoms with Gasteiger partial charge in [0, 0.05) is 24.2 Å². The molecule has 2 heterocycles. The first-order chi connectivity index (χ1) is 20.3. The molecule has 226 valence electrons. The van der Waals surface area contributed by atoms with Crippen LogP contribution in [0.15, 0.2) is 83.2 Å². The number of hydrogen-bond donors (Lipinski definition) is 2. The van der Waals surface area contributed by atoms with E-state index >= 15 is 0 Å². The van der Waals surface area contributed by atoms with Crippen LogP contribution in [0.4, 0.5) is 10.1 Å². The second kappa shape index (κ2) is 12.6. The Bertz CT molecular complexity index is 1660. The molecule has 0 radical (unpaired) electrons. The molecule has 1 unspecified atom stereocenters. The minimum atomic E-state index is -4.06. The van der Waals surface area contributed by atoms with E-state index in [0.717, 1.165) is 12.0 Å². The fourth-order valence-electron chi connectivity index (χ4n) is 5.67. The molecule has 2 N–H and O–H groups in total. The number of aromatic nitrogens is 1. The number of carbonyl (C=O) groups excluding carboxylic acids is 1. The Morgan fingerprint density at radius 1 is 1.14 bits per heavy atom. The van der Waals surface area contributed by atoms with Crippen LogP contribution in [-0.2, 0) is 26.0 Å². The van der Waals surface area contributed by atoms with Crippen LogP contribution >= 0.6 is 0 Å². The largest absolute Gasteiger partial charge is 0.512 e. The molecule has 2 aromatic carbocycles. The lowest BCUT2D eigenvalue weighted by Crippen LogP contribution is -2.43. The van der Waals surface area contributed by atoms with Crippen molar-refractivity contribution in [3.63, 3.8) is 0 Å². The Hall–Kier alpha value is -4.23. The monoisotopic (exact) mass is 605 g/mol. The number of cyclic esters (lactones) is 1. The van der Waals surface area contributed by atoms with Crippen molar-refractivity contribution in [1.29, 1.82) is 5.26 Å². The molecule has 0 saturated heterocycles. The minimum absolute atomic E-state index is 0.0449. The second-order valence-corrected chi connectivity index (χ2v) is 13.6. The molecule has 0 aliphatic carbocycles. The number of rotatable bonds is 10. The molecular formula is C33H36FN3O5S. The topological polar surface area (TPSA) is 129 Å². The van der Waals surface area contributed by atoms with E-state index in [1.807, 2.05) is 33.8 Å². The number of aryl methyl sites for hydroxylation is 1. The van der Waals surface area contributed by atoms with Crippen LogP contribution in [0.2, 0.25) is 0 Å². The summed E-state index contributed by atoms with van der Waals surface area (Å²) in [6, 6.07) is 17.4. The highest BCUT2D eigenvalue weighted by Crippen LogP contribution is 2.47.